The minimum atomic E-state index is -1.07. The smallest absolute Gasteiger partial charge is 0.334 e. The highest BCUT2D eigenvalue weighted by molar-refractivity contribution is 6.06. The highest BCUT2D eigenvalue weighted by atomic mass is 16.5. The molecule has 1 aliphatic heterocycles. The van der Waals surface area contributed by atoms with Gasteiger partial charge < -0.3 is 14.7 Å². The molecular weight excluding hydrogens is 372 g/mol. The summed E-state index contributed by atoms with van der Waals surface area (Å²) in [4.78, 5) is 31.1. The van der Waals surface area contributed by atoms with Gasteiger partial charge in [-0.3, -0.25) is 4.79 Å². The Morgan fingerprint density at radius 2 is 2.00 bits per heavy atom. The van der Waals surface area contributed by atoms with Crippen LogP contribution in [-0.4, -0.2) is 61.9 Å². The lowest BCUT2D eigenvalue weighted by molar-refractivity contribution is -0.160. The molecule has 0 aliphatic carbocycles. The zero-order chi connectivity index (χ0) is 20.5. The lowest BCUT2D eigenvalue weighted by Gasteiger charge is -2.35. The highest BCUT2D eigenvalue weighted by Gasteiger charge is 2.34. The maximum Gasteiger partial charge on any atom is 0.334 e. The summed E-state index contributed by atoms with van der Waals surface area (Å²) in [6.07, 6.45) is 0.247. The number of aromatic nitrogens is 3. The predicted molar refractivity (Wildman–Crippen MR) is 107 cm³/mol. The van der Waals surface area contributed by atoms with Gasteiger partial charge in [-0.05, 0) is 19.9 Å². The van der Waals surface area contributed by atoms with Crippen molar-refractivity contribution in [1.29, 1.82) is 0 Å². The molecule has 4 rings (SSSR count). The van der Waals surface area contributed by atoms with Crippen molar-refractivity contribution in [2.75, 3.05) is 13.1 Å². The van der Waals surface area contributed by atoms with E-state index in [9.17, 15) is 14.7 Å². The molecule has 150 valence electrons. The zero-order valence-corrected chi connectivity index (χ0v) is 16.3. The fourth-order valence-electron chi connectivity index (χ4n) is 3.64. The molecule has 3 aromatic rings. The van der Waals surface area contributed by atoms with Gasteiger partial charge in [0, 0.05) is 18.7 Å². The van der Waals surface area contributed by atoms with Crippen LogP contribution in [0.2, 0.25) is 0 Å². The Bertz CT molecular complexity index is 1060. The number of pyridine rings is 1. The maximum absolute atomic E-state index is 13.4. The van der Waals surface area contributed by atoms with E-state index in [1.807, 2.05) is 37.3 Å². The summed E-state index contributed by atoms with van der Waals surface area (Å²) in [6, 6.07) is 11.4. The van der Waals surface area contributed by atoms with Crippen LogP contribution >= 0.6 is 0 Å². The molecule has 1 fully saturated rings. The number of benzene rings is 1. The van der Waals surface area contributed by atoms with Crippen molar-refractivity contribution < 1.29 is 19.4 Å². The Morgan fingerprint density at radius 3 is 2.69 bits per heavy atom. The molecule has 3 heterocycles. The number of aryl methyl sites for hydroxylation is 1. The fraction of sp³-hybridized carbons (Fsp3) is 0.333. The molecule has 0 bridgehead atoms. The number of hydrogen-bond donors (Lipinski definition) is 1. The summed E-state index contributed by atoms with van der Waals surface area (Å²) in [5.74, 6) is -1.32. The van der Waals surface area contributed by atoms with Crippen molar-refractivity contribution in [1.82, 2.24) is 19.7 Å². The van der Waals surface area contributed by atoms with Gasteiger partial charge in [-0.15, -0.1) is 0 Å². The third-order valence-electron chi connectivity index (χ3n) is 5.03. The second-order valence-corrected chi connectivity index (χ2v) is 7.10. The average molecular weight is 394 g/mol. The molecule has 2 atom stereocenters. The predicted octanol–water partition coefficient (Wildman–Crippen LogP) is 2.43. The molecule has 0 radical (unpaired) electrons. The minimum absolute atomic E-state index is 0.00487. The molecule has 0 spiro atoms. The van der Waals surface area contributed by atoms with Gasteiger partial charge in [0.15, 0.2) is 11.8 Å². The third kappa shape index (κ3) is 3.58. The first kappa shape index (κ1) is 19.1. The van der Waals surface area contributed by atoms with Crippen molar-refractivity contribution in [3.8, 4) is 11.3 Å². The Balaban J connectivity index is 1.80. The number of carboxylic acids is 1. The van der Waals surface area contributed by atoms with Gasteiger partial charge in [0.1, 0.15) is 0 Å². The first-order chi connectivity index (χ1) is 14.0. The van der Waals surface area contributed by atoms with E-state index in [2.05, 4.69) is 5.10 Å². The number of hydrogen-bond acceptors (Lipinski definition) is 5. The number of carbonyl (C=O) groups excluding carboxylic acids is 1. The van der Waals surface area contributed by atoms with Crippen LogP contribution in [0.15, 0.2) is 42.6 Å². The summed E-state index contributed by atoms with van der Waals surface area (Å²) < 4.78 is 7.19. The molecule has 8 heteroatoms. The van der Waals surface area contributed by atoms with E-state index >= 15 is 0 Å². The van der Waals surface area contributed by atoms with E-state index in [4.69, 9.17) is 9.72 Å². The van der Waals surface area contributed by atoms with Gasteiger partial charge in [-0.1, -0.05) is 30.3 Å². The standard InChI is InChI=1S/C21H22N4O4/c1-3-25-19-16(10-22-25)15(9-17(23-19)14-7-5-4-6-8-14)20(26)24-11-13(2)29-18(12-24)21(27)28/h4-10,13,18H,3,11-12H2,1-2H3,(H,27,28)/t13-,18?/m1/s1. The van der Waals surface area contributed by atoms with Gasteiger partial charge in [-0.2, -0.15) is 5.10 Å². The number of morpholine rings is 1. The summed E-state index contributed by atoms with van der Waals surface area (Å²) in [5.41, 5.74) is 2.67. The van der Waals surface area contributed by atoms with Crippen LogP contribution < -0.4 is 0 Å². The van der Waals surface area contributed by atoms with Crippen LogP contribution in [0, 0.1) is 0 Å². The third-order valence-corrected chi connectivity index (χ3v) is 5.03. The Labute approximate surface area is 167 Å². The number of aliphatic carboxylic acids is 1. The monoisotopic (exact) mass is 394 g/mol. The lowest BCUT2D eigenvalue weighted by Crippen LogP contribution is -2.51. The summed E-state index contributed by atoms with van der Waals surface area (Å²) in [7, 11) is 0. The van der Waals surface area contributed by atoms with Crippen molar-refractivity contribution in [3.05, 3.63) is 48.2 Å². The van der Waals surface area contributed by atoms with E-state index in [-0.39, 0.29) is 18.6 Å². The van der Waals surface area contributed by atoms with Gasteiger partial charge in [0.05, 0.1) is 35.5 Å². The Kier molecular flexibility index (Phi) is 5.02. The molecule has 8 nitrogen and oxygen atoms in total. The maximum atomic E-state index is 13.4. The van der Waals surface area contributed by atoms with Crippen molar-refractivity contribution >= 4 is 22.9 Å². The highest BCUT2D eigenvalue weighted by Crippen LogP contribution is 2.27. The van der Waals surface area contributed by atoms with Crippen LogP contribution in [0.5, 0.6) is 0 Å². The average Bonchev–Trinajstić information content (AvgIpc) is 3.15. The fourth-order valence-corrected chi connectivity index (χ4v) is 3.64. The SMILES string of the molecule is CCn1ncc2c(C(=O)N3CC(C(=O)O)O[C@H](C)C3)cc(-c3ccccc3)nc21. The summed E-state index contributed by atoms with van der Waals surface area (Å²) in [6.45, 7) is 4.69. The second kappa shape index (κ2) is 7.63. The number of carboxylic acid groups (broad SMARTS) is 1. The molecule has 1 aliphatic rings. The quantitative estimate of drug-likeness (QED) is 0.730. The first-order valence-electron chi connectivity index (χ1n) is 9.57. The zero-order valence-electron chi connectivity index (χ0n) is 16.3. The van der Waals surface area contributed by atoms with Crippen LogP contribution in [-0.2, 0) is 16.1 Å². The first-order valence-corrected chi connectivity index (χ1v) is 9.57. The molecular formula is C21H22N4O4. The van der Waals surface area contributed by atoms with E-state index in [1.165, 1.54) is 0 Å². The summed E-state index contributed by atoms with van der Waals surface area (Å²) in [5, 5.41) is 14.4. The largest absolute Gasteiger partial charge is 0.479 e. The molecule has 0 saturated carbocycles. The van der Waals surface area contributed by atoms with Crippen LogP contribution in [0.25, 0.3) is 22.3 Å². The molecule has 1 unspecified atom stereocenters. The van der Waals surface area contributed by atoms with Gasteiger partial charge in [0.2, 0.25) is 0 Å². The van der Waals surface area contributed by atoms with E-state index in [0.29, 0.717) is 35.4 Å². The number of fused-ring (bicyclic) bond motifs is 1. The minimum Gasteiger partial charge on any atom is -0.479 e. The Morgan fingerprint density at radius 1 is 1.24 bits per heavy atom. The lowest BCUT2D eigenvalue weighted by atomic mass is 10.0. The molecule has 29 heavy (non-hydrogen) atoms. The normalized spacial score (nSPS) is 19.4. The van der Waals surface area contributed by atoms with E-state index in [1.54, 1.807) is 28.8 Å². The van der Waals surface area contributed by atoms with Crippen LogP contribution in [0.1, 0.15) is 24.2 Å². The number of nitrogens with zero attached hydrogens (tertiary/aromatic N) is 4. The van der Waals surface area contributed by atoms with Crippen molar-refractivity contribution in [2.45, 2.75) is 32.6 Å². The van der Waals surface area contributed by atoms with Gasteiger partial charge >= 0.3 is 5.97 Å². The Hall–Kier alpha value is -3.26. The van der Waals surface area contributed by atoms with Gasteiger partial charge in [-0.25, -0.2) is 14.5 Å². The van der Waals surface area contributed by atoms with E-state index in [0.717, 1.165) is 5.56 Å². The summed E-state index contributed by atoms with van der Waals surface area (Å²) >= 11 is 0. The van der Waals surface area contributed by atoms with E-state index < -0.39 is 12.1 Å². The van der Waals surface area contributed by atoms with Gasteiger partial charge in [0.25, 0.3) is 5.91 Å². The molecule has 2 aromatic heterocycles. The topological polar surface area (TPSA) is 97.6 Å². The van der Waals surface area contributed by atoms with Crippen LogP contribution in [0.3, 0.4) is 0 Å². The molecule has 1 saturated heterocycles. The van der Waals surface area contributed by atoms with Crippen molar-refractivity contribution in [3.63, 3.8) is 0 Å². The molecule has 1 aromatic carbocycles. The number of ether oxygens (including phenoxy) is 1. The van der Waals surface area contributed by atoms with Crippen LogP contribution in [0.4, 0.5) is 0 Å². The van der Waals surface area contributed by atoms with Crippen molar-refractivity contribution in [2.24, 2.45) is 0 Å². The number of carbonyl (C=O) groups is 2. The molecule has 1 amide bonds. The molecule has 1 N–H and O–H groups in total. The number of rotatable bonds is 4. The number of amides is 1. The second-order valence-electron chi connectivity index (χ2n) is 7.10.